The van der Waals surface area contributed by atoms with Gasteiger partial charge in [-0.2, -0.15) is 13.2 Å². The van der Waals surface area contributed by atoms with Crippen LogP contribution in [0.25, 0.3) is 0 Å². The minimum Gasteiger partial charge on any atom is -0.475 e. The molecule has 1 aromatic carbocycles. The number of halogens is 3. The van der Waals surface area contributed by atoms with E-state index in [2.05, 4.69) is 26.1 Å². The Hall–Kier alpha value is -5.75. The molecule has 3 aromatic rings. The van der Waals surface area contributed by atoms with Crippen molar-refractivity contribution in [2.45, 2.75) is 39.7 Å². The number of hydrazine groups is 1. The average Bonchev–Trinajstić information content (AvgIpc) is 2.93. The number of nitrogens with two attached hydrogens (primary N) is 1. The number of rotatable bonds is 9. The van der Waals surface area contributed by atoms with Crippen molar-refractivity contribution in [3.63, 3.8) is 0 Å². The molecule has 2 aromatic heterocycles. The summed E-state index contributed by atoms with van der Waals surface area (Å²) in [4.78, 5) is 64.3. The highest BCUT2D eigenvalue weighted by molar-refractivity contribution is 5.76. The fourth-order valence-corrected chi connectivity index (χ4v) is 3.05. The van der Waals surface area contributed by atoms with Crippen LogP contribution in [0.5, 0.6) is 0 Å². The molecule has 0 unspecified atom stereocenters. The van der Waals surface area contributed by atoms with Gasteiger partial charge in [-0.1, -0.05) is 6.07 Å². The van der Waals surface area contributed by atoms with Gasteiger partial charge in [0.05, 0.1) is 4.92 Å². The number of aliphatic carboxylic acids is 1. The van der Waals surface area contributed by atoms with Crippen LogP contribution in [0.1, 0.15) is 22.5 Å². The fraction of sp³-hybridized carbons (Fsp3) is 0.250. The van der Waals surface area contributed by atoms with Crippen LogP contribution >= 0.6 is 0 Å². The number of benzene rings is 1. The quantitative estimate of drug-likeness (QED) is 0.173. The van der Waals surface area contributed by atoms with Gasteiger partial charge in [-0.3, -0.25) is 29.7 Å². The monoisotopic (exact) mass is 610 g/mol. The molecule has 43 heavy (non-hydrogen) atoms. The Morgan fingerprint density at radius 2 is 1.77 bits per heavy atom. The van der Waals surface area contributed by atoms with Crippen LogP contribution in [0.3, 0.4) is 0 Å². The van der Waals surface area contributed by atoms with Crippen molar-refractivity contribution in [3.8, 4) is 0 Å². The summed E-state index contributed by atoms with van der Waals surface area (Å²) in [6.07, 6.45) is -4.62. The van der Waals surface area contributed by atoms with Crippen molar-refractivity contribution in [1.82, 2.24) is 25.3 Å². The first-order valence-electron chi connectivity index (χ1n) is 11.9. The Kier molecular flexibility index (Phi) is 11.5. The van der Waals surface area contributed by atoms with Gasteiger partial charge in [-0.15, -0.1) is 0 Å². The number of nitrogen functional groups attached to an aromatic ring is 1. The number of nitro benzene ring substituents is 1. The molecule has 2 heterocycles. The van der Waals surface area contributed by atoms with Gasteiger partial charge >= 0.3 is 18.2 Å². The van der Waals surface area contributed by atoms with Crippen LogP contribution in [0, 0.1) is 24.0 Å². The number of carbonyl (C=O) groups excluding carboxylic acids is 2. The van der Waals surface area contributed by atoms with E-state index in [0.717, 1.165) is 5.56 Å². The first-order chi connectivity index (χ1) is 20.1. The largest absolute Gasteiger partial charge is 0.490 e. The maximum absolute atomic E-state index is 12.8. The van der Waals surface area contributed by atoms with E-state index in [4.69, 9.17) is 20.4 Å². The first-order valence-corrected chi connectivity index (χ1v) is 11.9. The smallest absolute Gasteiger partial charge is 0.475 e. The summed E-state index contributed by atoms with van der Waals surface area (Å²) in [7, 11) is 0. The molecule has 0 aliphatic heterocycles. The van der Waals surface area contributed by atoms with Crippen LogP contribution < -0.4 is 27.5 Å². The normalized spacial score (nSPS) is 10.5. The maximum atomic E-state index is 12.8. The molecule has 0 atom stereocenters. The zero-order valence-electron chi connectivity index (χ0n) is 22.5. The molecule has 2 amide bonds. The number of amides is 2. The number of non-ortho nitro benzene ring substituents is 1. The number of hydrogen-bond acceptors (Lipinski definition) is 11. The van der Waals surface area contributed by atoms with E-state index in [1.807, 2.05) is 0 Å². The number of ether oxygens (including phenoxy) is 1. The lowest BCUT2D eigenvalue weighted by Gasteiger charge is -2.13. The maximum Gasteiger partial charge on any atom is 0.490 e. The number of aromatic nitrogens is 3. The van der Waals surface area contributed by atoms with E-state index in [9.17, 15) is 37.7 Å². The molecule has 0 fully saturated rings. The third-order valence-electron chi connectivity index (χ3n) is 5.29. The standard InChI is InChI=1S/C22H24N8O6.C2HF3O2/c1-13-9-25-20(27-28-22(33)36-12-15-3-6-17(7-4-15)30(34)35)21(32)29(13)11-19(31)24-10-16-5-8-18(23)26-14(16)2;3-2(4,5)1(6)7/h3-9H,10-12H2,1-2H3,(H2,23,26)(H,24,31)(H,25,27)(H,28,33);(H,6,7). The molecule has 0 spiro atoms. The van der Waals surface area contributed by atoms with Crippen LogP contribution in [0.2, 0.25) is 0 Å². The van der Waals surface area contributed by atoms with Gasteiger partial charge in [0.2, 0.25) is 11.7 Å². The fourth-order valence-electron chi connectivity index (χ4n) is 3.05. The Balaban J connectivity index is 0.000000821. The van der Waals surface area contributed by atoms with Gasteiger partial charge in [0.1, 0.15) is 19.0 Å². The summed E-state index contributed by atoms with van der Waals surface area (Å²) in [5.74, 6) is -3.01. The number of nitro groups is 1. The number of carboxylic acid groups (broad SMARTS) is 1. The van der Waals surface area contributed by atoms with Crippen molar-refractivity contribution < 1.29 is 42.3 Å². The summed E-state index contributed by atoms with van der Waals surface area (Å²) in [6, 6.07) is 8.88. The van der Waals surface area contributed by atoms with Crippen molar-refractivity contribution in [2.24, 2.45) is 0 Å². The van der Waals surface area contributed by atoms with Crippen LogP contribution in [-0.4, -0.2) is 48.7 Å². The second-order valence-corrected chi connectivity index (χ2v) is 8.45. The number of carboxylic acids is 1. The lowest BCUT2D eigenvalue weighted by Crippen LogP contribution is -2.38. The predicted molar refractivity (Wildman–Crippen MR) is 142 cm³/mol. The zero-order valence-corrected chi connectivity index (χ0v) is 22.5. The average molecular weight is 611 g/mol. The number of anilines is 2. The molecule has 16 nitrogen and oxygen atoms in total. The number of nitrogens with one attached hydrogen (secondary N) is 3. The molecular weight excluding hydrogens is 585 g/mol. The van der Waals surface area contributed by atoms with Gasteiger partial charge in [0.15, 0.2) is 0 Å². The SMILES string of the molecule is Cc1nc(N)ccc1CNC(=O)Cn1c(C)cnc(NNC(=O)OCc2ccc([N+](=O)[O-])cc2)c1=O.O=C(O)C(F)(F)F. The van der Waals surface area contributed by atoms with E-state index < -0.39 is 34.6 Å². The molecule has 0 saturated heterocycles. The van der Waals surface area contributed by atoms with Crippen molar-refractivity contribution in [2.75, 3.05) is 11.2 Å². The molecule has 0 saturated carbocycles. The minimum absolute atomic E-state index is 0.0855. The lowest BCUT2D eigenvalue weighted by atomic mass is 10.2. The van der Waals surface area contributed by atoms with E-state index >= 15 is 0 Å². The molecule has 19 heteroatoms. The van der Waals surface area contributed by atoms with Crippen molar-refractivity contribution in [3.05, 3.63) is 85.6 Å². The van der Waals surface area contributed by atoms with E-state index in [1.165, 1.54) is 35.0 Å². The Labute approximate surface area is 239 Å². The van der Waals surface area contributed by atoms with Crippen LogP contribution in [-0.2, 0) is 34.0 Å². The molecule has 0 bridgehead atoms. The van der Waals surface area contributed by atoms with Crippen LogP contribution in [0.4, 0.5) is 35.3 Å². The highest BCUT2D eigenvalue weighted by Crippen LogP contribution is 2.14. The highest BCUT2D eigenvalue weighted by atomic mass is 19.4. The number of pyridine rings is 1. The van der Waals surface area contributed by atoms with E-state index in [0.29, 0.717) is 22.8 Å². The van der Waals surface area contributed by atoms with Crippen molar-refractivity contribution in [1.29, 1.82) is 0 Å². The Morgan fingerprint density at radius 1 is 1.14 bits per heavy atom. The van der Waals surface area contributed by atoms with Gasteiger partial charge in [-0.25, -0.2) is 25.0 Å². The minimum atomic E-state index is -5.08. The summed E-state index contributed by atoms with van der Waals surface area (Å²) in [5.41, 5.74) is 11.9. The van der Waals surface area contributed by atoms with E-state index in [-0.39, 0.29) is 31.2 Å². The molecule has 0 aliphatic carbocycles. The highest BCUT2D eigenvalue weighted by Gasteiger charge is 2.38. The molecule has 0 radical (unpaired) electrons. The topological polar surface area (TPSA) is 234 Å². The summed E-state index contributed by atoms with van der Waals surface area (Å²) < 4.78 is 37.9. The lowest BCUT2D eigenvalue weighted by molar-refractivity contribution is -0.384. The van der Waals surface area contributed by atoms with Gasteiger partial charge in [-0.05, 0) is 43.2 Å². The summed E-state index contributed by atoms with van der Waals surface area (Å²) >= 11 is 0. The third-order valence-corrected chi connectivity index (χ3v) is 5.29. The van der Waals surface area contributed by atoms with Gasteiger partial charge < -0.3 is 20.9 Å². The molecular formula is C24H25F3N8O8. The molecule has 3 rings (SSSR count). The second kappa shape index (κ2) is 14.8. The zero-order chi connectivity index (χ0) is 32.3. The number of alkyl halides is 3. The predicted octanol–water partition coefficient (Wildman–Crippen LogP) is 1.95. The summed E-state index contributed by atoms with van der Waals surface area (Å²) in [6.45, 7) is 3.18. The van der Waals surface area contributed by atoms with Gasteiger partial charge in [0, 0.05) is 36.3 Å². The third kappa shape index (κ3) is 10.6. The number of aryl methyl sites for hydroxylation is 2. The molecule has 6 N–H and O–H groups in total. The number of carbonyl (C=O) groups is 3. The number of nitrogens with zero attached hydrogens (tertiary/aromatic N) is 4. The number of hydrogen-bond donors (Lipinski definition) is 5. The van der Waals surface area contributed by atoms with Crippen LogP contribution in [0.15, 0.2) is 47.4 Å². The second-order valence-electron chi connectivity index (χ2n) is 8.45. The van der Waals surface area contributed by atoms with Crippen molar-refractivity contribution >= 4 is 35.3 Å². The Morgan fingerprint density at radius 3 is 2.33 bits per heavy atom. The Bertz CT molecular complexity index is 1550. The molecule has 0 aliphatic rings. The summed E-state index contributed by atoms with van der Waals surface area (Å²) in [5, 5.41) is 20.5. The van der Waals surface area contributed by atoms with E-state index in [1.54, 1.807) is 26.0 Å². The first kappa shape index (κ1) is 33.5. The van der Waals surface area contributed by atoms with Gasteiger partial charge in [0.25, 0.3) is 11.2 Å². The molecule has 230 valence electrons.